The van der Waals surface area contributed by atoms with Crippen LogP contribution in [-0.4, -0.2) is 63.1 Å². The third-order valence-corrected chi connectivity index (χ3v) is 8.34. The molecular formula is C32H26Cl2N6O10. The summed E-state index contributed by atoms with van der Waals surface area (Å²) in [5.74, 6) is -5.41. The number of aryl methyl sites for hydroxylation is 2. The molecular weight excluding hydrogens is 699 g/mol. The van der Waals surface area contributed by atoms with Crippen molar-refractivity contribution in [1.29, 1.82) is 0 Å². The first-order valence-electron chi connectivity index (χ1n) is 14.3. The lowest BCUT2D eigenvalue weighted by Crippen LogP contribution is -2.45. The van der Waals surface area contributed by atoms with E-state index in [4.69, 9.17) is 23.2 Å². The van der Waals surface area contributed by atoms with Gasteiger partial charge in [0.05, 0.1) is 73.3 Å². The van der Waals surface area contributed by atoms with Crippen LogP contribution in [0.2, 0.25) is 10.0 Å². The number of nitro groups is 2. The molecule has 0 aliphatic heterocycles. The predicted octanol–water partition coefficient (Wildman–Crippen LogP) is 5.50. The van der Waals surface area contributed by atoms with Crippen molar-refractivity contribution in [2.75, 3.05) is 0 Å². The molecule has 18 heteroatoms. The average Bonchev–Trinajstić information content (AvgIpc) is 3.54. The van der Waals surface area contributed by atoms with Gasteiger partial charge in [-0.1, -0.05) is 35.4 Å². The van der Waals surface area contributed by atoms with E-state index < -0.39 is 79.1 Å². The summed E-state index contributed by atoms with van der Waals surface area (Å²) in [4.78, 5) is 76.4. The highest BCUT2D eigenvalue weighted by atomic mass is 35.5. The van der Waals surface area contributed by atoms with Crippen LogP contribution in [0.5, 0.6) is 0 Å². The molecule has 0 bridgehead atoms. The average molecular weight is 725 g/mol. The second kappa shape index (κ2) is 14.2. The Hall–Kier alpha value is -6.00. The third kappa shape index (κ3) is 6.40. The lowest BCUT2D eigenvalue weighted by atomic mass is 9.72. The largest absolute Gasteiger partial charge is 0.481 e. The normalized spacial score (nSPS) is 11.2. The van der Waals surface area contributed by atoms with Gasteiger partial charge in [-0.15, -0.1) is 13.2 Å². The monoisotopic (exact) mass is 724 g/mol. The molecule has 50 heavy (non-hydrogen) atoms. The van der Waals surface area contributed by atoms with Gasteiger partial charge in [-0.3, -0.25) is 48.8 Å². The summed E-state index contributed by atoms with van der Waals surface area (Å²) in [7, 11) is 0. The minimum absolute atomic E-state index is 0.0740. The highest BCUT2D eigenvalue weighted by molar-refractivity contribution is 6.36. The molecule has 0 aliphatic rings. The molecule has 0 saturated heterocycles. The van der Waals surface area contributed by atoms with E-state index in [-0.39, 0.29) is 45.6 Å². The van der Waals surface area contributed by atoms with E-state index >= 15 is 0 Å². The van der Waals surface area contributed by atoms with Crippen molar-refractivity contribution in [3.05, 3.63) is 137 Å². The number of benzene rings is 2. The lowest BCUT2D eigenvalue weighted by Gasteiger charge is -2.31. The van der Waals surface area contributed by atoms with E-state index in [1.807, 2.05) is 0 Å². The van der Waals surface area contributed by atoms with E-state index in [2.05, 4.69) is 23.4 Å². The fourth-order valence-electron chi connectivity index (χ4n) is 5.74. The van der Waals surface area contributed by atoms with Crippen LogP contribution in [0.25, 0.3) is 0 Å². The summed E-state index contributed by atoms with van der Waals surface area (Å²) in [5.41, 5.74) is -6.23. The van der Waals surface area contributed by atoms with Crippen LogP contribution < -0.4 is 0 Å². The molecule has 258 valence electrons. The number of nitro benzene ring substituents is 2. The van der Waals surface area contributed by atoms with Gasteiger partial charge in [0.15, 0.2) is 17.0 Å². The Bertz CT molecular complexity index is 2020. The molecule has 0 radical (unpaired) electrons. The zero-order valence-corrected chi connectivity index (χ0v) is 27.8. The molecule has 0 aliphatic carbocycles. The number of non-ortho nitro benzene ring substituents is 2. The fraction of sp³-hybridized carbons (Fsp3) is 0.188. The Morgan fingerprint density at radius 3 is 1.46 bits per heavy atom. The Morgan fingerprint density at radius 1 is 0.800 bits per heavy atom. The van der Waals surface area contributed by atoms with Crippen molar-refractivity contribution in [2.45, 2.75) is 38.8 Å². The maximum absolute atomic E-state index is 14.3. The summed E-state index contributed by atoms with van der Waals surface area (Å²) in [6, 6.07) is 6.00. The smallest absolute Gasteiger partial charge is 0.322 e. The predicted molar refractivity (Wildman–Crippen MR) is 178 cm³/mol. The fourth-order valence-corrected chi connectivity index (χ4v) is 6.26. The number of carboxylic acid groups (broad SMARTS) is 2. The Kier molecular flexibility index (Phi) is 10.5. The van der Waals surface area contributed by atoms with Crippen LogP contribution in [0.3, 0.4) is 0 Å². The van der Waals surface area contributed by atoms with Gasteiger partial charge >= 0.3 is 11.9 Å². The molecule has 0 fully saturated rings. The lowest BCUT2D eigenvalue weighted by molar-refractivity contribution is -0.385. The van der Waals surface area contributed by atoms with Crippen molar-refractivity contribution in [3.8, 4) is 0 Å². The molecule has 0 amide bonds. The first-order valence-corrected chi connectivity index (χ1v) is 15.1. The van der Waals surface area contributed by atoms with Gasteiger partial charge in [-0.2, -0.15) is 10.2 Å². The number of hydrogen-bond donors (Lipinski definition) is 2. The number of halogens is 2. The number of carbonyl (C=O) groups is 4. The van der Waals surface area contributed by atoms with Crippen LogP contribution in [0.1, 0.15) is 61.0 Å². The summed E-state index contributed by atoms with van der Waals surface area (Å²) in [6.45, 7) is 9.54. The van der Waals surface area contributed by atoms with Gasteiger partial charge in [0.1, 0.15) is 0 Å². The topological polar surface area (TPSA) is 231 Å². The second-order valence-corrected chi connectivity index (χ2v) is 11.7. The zero-order valence-electron chi connectivity index (χ0n) is 26.3. The number of aliphatic carboxylic acids is 2. The number of carbonyl (C=O) groups excluding carboxylic acids is 2. The van der Waals surface area contributed by atoms with Crippen molar-refractivity contribution in [1.82, 2.24) is 19.6 Å². The molecule has 2 aromatic carbocycles. The molecule has 0 unspecified atom stereocenters. The minimum Gasteiger partial charge on any atom is -0.481 e. The van der Waals surface area contributed by atoms with E-state index in [0.29, 0.717) is 0 Å². The Balaban J connectivity index is 2.20. The van der Waals surface area contributed by atoms with Gasteiger partial charge in [0.25, 0.3) is 11.4 Å². The molecule has 0 atom stereocenters. The molecule has 4 aromatic rings. The molecule has 2 heterocycles. The Labute approximate surface area is 292 Å². The zero-order chi connectivity index (χ0) is 37.2. The van der Waals surface area contributed by atoms with E-state index in [1.54, 1.807) is 0 Å². The van der Waals surface area contributed by atoms with Crippen LogP contribution in [0.4, 0.5) is 11.4 Å². The maximum Gasteiger partial charge on any atom is 0.322 e. The number of carboxylic acids is 2. The van der Waals surface area contributed by atoms with Crippen molar-refractivity contribution >= 4 is 58.1 Å². The van der Waals surface area contributed by atoms with E-state index in [0.717, 1.165) is 45.8 Å². The highest BCUT2D eigenvalue weighted by Crippen LogP contribution is 2.44. The first kappa shape index (κ1) is 36.8. The number of rotatable bonds is 15. The third-order valence-electron chi connectivity index (χ3n) is 7.72. The summed E-state index contributed by atoms with van der Waals surface area (Å²) >= 11 is 12.6. The number of nitrogens with zero attached hydrogens (tertiary/aromatic N) is 6. The van der Waals surface area contributed by atoms with Crippen LogP contribution in [0.15, 0.2) is 61.7 Å². The quantitative estimate of drug-likeness (QED) is 0.0670. The van der Waals surface area contributed by atoms with Gasteiger partial charge in [0.2, 0.25) is 0 Å². The highest BCUT2D eigenvalue weighted by Gasteiger charge is 2.54. The van der Waals surface area contributed by atoms with Gasteiger partial charge < -0.3 is 10.2 Å². The van der Waals surface area contributed by atoms with Gasteiger partial charge in [-0.05, 0) is 26.0 Å². The molecule has 0 saturated carbocycles. The summed E-state index contributed by atoms with van der Waals surface area (Å²) in [5, 5.41) is 52.2. The van der Waals surface area contributed by atoms with E-state index in [9.17, 15) is 49.6 Å². The van der Waals surface area contributed by atoms with Crippen molar-refractivity contribution < 1.29 is 39.2 Å². The Morgan fingerprint density at radius 2 is 1.18 bits per heavy atom. The van der Waals surface area contributed by atoms with Gasteiger partial charge in [-0.25, -0.2) is 0 Å². The minimum atomic E-state index is -2.82. The number of ketones is 2. The summed E-state index contributed by atoms with van der Waals surface area (Å²) in [6.07, 6.45) is 1.35. The molecule has 2 aromatic heterocycles. The first-order chi connectivity index (χ1) is 23.5. The van der Waals surface area contributed by atoms with Crippen LogP contribution in [-0.2, 0) is 28.1 Å². The van der Waals surface area contributed by atoms with Crippen LogP contribution in [0, 0.1) is 34.1 Å². The molecule has 16 nitrogen and oxygen atoms in total. The van der Waals surface area contributed by atoms with Crippen molar-refractivity contribution in [3.63, 3.8) is 0 Å². The maximum atomic E-state index is 14.3. The second-order valence-electron chi connectivity index (χ2n) is 10.8. The van der Waals surface area contributed by atoms with Gasteiger partial charge in [0, 0.05) is 35.4 Å². The van der Waals surface area contributed by atoms with E-state index in [1.165, 1.54) is 26.0 Å². The standard InChI is InChI=1S/C32H26Cl2N6O10/c1-5-11-37-29(25(16(3)35-37)27(43)20-9-7-18(39(47)48)13-22(20)33)32(31(45)46,15-24(41)42)30-26(17(4)36-38(30)12-6-2)28(44)21-10-8-19(40(49)50)14-23(21)34/h5-10,13-14H,1-2,11-12,15H2,3-4H3,(H,41,42)(H,45,46). The number of hydrogen-bond acceptors (Lipinski definition) is 10. The molecule has 4 rings (SSSR count). The molecule has 2 N–H and O–H groups in total. The number of aromatic nitrogens is 4. The number of allylic oxidation sites excluding steroid dienone is 2. The van der Waals surface area contributed by atoms with Crippen LogP contribution >= 0.6 is 23.2 Å². The SMILES string of the molecule is C=CCn1nc(C)c(C(=O)c2ccc([N+](=O)[O-])cc2Cl)c1C(CC(=O)O)(C(=O)O)c1c(C(=O)c2ccc([N+](=O)[O-])cc2Cl)c(C)nn1CC=C. The summed E-state index contributed by atoms with van der Waals surface area (Å²) < 4.78 is 2.11. The van der Waals surface area contributed by atoms with Crippen molar-refractivity contribution in [2.24, 2.45) is 0 Å². The molecule has 0 spiro atoms.